The topological polar surface area (TPSA) is 69.7 Å². The molecule has 0 heterocycles. The normalized spacial score (nSPS) is 11.7. The molecule has 0 aliphatic carbocycles. The van der Waals surface area contributed by atoms with E-state index in [9.17, 15) is 13.8 Å². The fourth-order valence-corrected chi connectivity index (χ4v) is 2.11. The third-order valence-corrected chi connectivity index (χ3v) is 3.18. The monoisotopic (exact) mass is 270 g/mol. The Morgan fingerprint density at radius 1 is 1.28 bits per heavy atom. The largest absolute Gasteiger partial charge is 0.465 e. The Morgan fingerprint density at radius 3 is 2.44 bits per heavy atom. The maximum absolute atomic E-state index is 11.7. The summed E-state index contributed by atoms with van der Waals surface area (Å²) in [6, 6.07) is 4.26. The summed E-state index contributed by atoms with van der Waals surface area (Å²) in [6.07, 6.45) is 1.45. The van der Waals surface area contributed by atoms with Crippen LogP contribution in [0.3, 0.4) is 0 Å². The van der Waals surface area contributed by atoms with Crippen molar-refractivity contribution in [3.05, 3.63) is 29.3 Å². The highest BCUT2D eigenvalue weighted by atomic mass is 32.2. The van der Waals surface area contributed by atoms with E-state index in [0.29, 0.717) is 4.90 Å². The number of rotatable bonds is 4. The smallest absolute Gasteiger partial charge is 0.339 e. The second-order valence-corrected chi connectivity index (χ2v) is 4.73. The van der Waals surface area contributed by atoms with Gasteiger partial charge in [-0.3, -0.25) is 4.21 Å². The van der Waals surface area contributed by atoms with Crippen molar-refractivity contribution in [2.75, 3.05) is 20.0 Å². The van der Waals surface area contributed by atoms with E-state index in [1.54, 1.807) is 6.92 Å². The van der Waals surface area contributed by atoms with Gasteiger partial charge < -0.3 is 9.47 Å². The van der Waals surface area contributed by atoms with Gasteiger partial charge in [-0.05, 0) is 25.1 Å². The average molecular weight is 270 g/mol. The van der Waals surface area contributed by atoms with Crippen molar-refractivity contribution in [1.82, 2.24) is 0 Å². The van der Waals surface area contributed by atoms with Crippen molar-refractivity contribution in [3.8, 4) is 0 Å². The Hall–Kier alpha value is -1.69. The Labute approximate surface area is 108 Å². The van der Waals surface area contributed by atoms with Gasteiger partial charge in [0.2, 0.25) is 0 Å². The average Bonchev–Trinajstić information content (AvgIpc) is 2.37. The lowest BCUT2D eigenvalue weighted by Gasteiger charge is -2.08. The summed E-state index contributed by atoms with van der Waals surface area (Å²) in [4.78, 5) is 23.4. The van der Waals surface area contributed by atoms with Crippen LogP contribution in [-0.4, -0.2) is 36.1 Å². The second-order valence-electron chi connectivity index (χ2n) is 3.38. The van der Waals surface area contributed by atoms with E-state index in [-0.39, 0.29) is 17.7 Å². The summed E-state index contributed by atoms with van der Waals surface area (Å²) in [5, 5.41) is 0. The van der Waals surface area contributed by atoms with Gasteiger partial charge in [-0.25, -0.2) is 9.59 Å². The van der Waals surface area contributed by atoms with Gasteiger partial charge in [-0.1, -0.05) is 0 Å². The zero-order valence-corrected chi connectivity index (χ0v) is 11.2. The number of carbonyl (C=O) groups is 2. The summed E-state index contributed by atoms with van der Waals surface area (Å²) in [7, 11) is -0.0928. The number of hydrogen-bond acceptors (Lipinski definition) is 5. The van der Waals surface area contributed by atoms with E-state index in [1.807, 2.05) is 0 Å². The minimum atomic E-state index is -1.34. The fourth-order valence-electron chi connectivity index (χ4n) is 1.39. The number of ether oxygens (including phenoxy) is 2. The van der Waals surface area contributed by atoms with Crippen molar-refractivity contribution in [2.24, 2.45) is 0 Å². The van der Waals surface area contributed by atoms with Crippen molar-refractivity contribution in [2.45, 2.75) is 11.8 Å². The van der Waals surface area contributed by atoms with Gasteiger partial charge in [-0.2, -0.15) is 0 Å². The molecule has 0 aromatic heterocycles. The SMILES string of the molecule is CCOC(=O)c1cc(C(=O)OC)ccc1S(C)=O. The van der Waals surface area contributed by atoms with Gasteiger partial charge in [-0.15, -0.1) is 0 Å². The lowest BCUT2D eigenvalue weighted by Crippen LogP contribution is -2.11. The minimum Gasteiger partial charge on any atom is -0.465 e. The highest BCUT2D eigenvalue weighted by Gasteiger charge is 2.18. The Kier molecular flexibility index (Phi) is 5.03. The van der Waals surface area contributed by atoms with Gasteiger partial charge >= 0.3 is 11.9 Å². The molecule has 98 valence electrons. The summed E-state index contributed by atoms with van der Waals surface area (Å²) >= 11 is 0. The van der Waals surface area contributed by atoms with Gasteiger partial charge in [0.25, 0.3) is 0 Å². The second kappa shape index (κ2) is 6.30. The van der Waals surface area contributed by atoms with Crippen LogP contribution in [0.15, 0.2) is 23.1 Å². The first kappa shape index (κ1) is 14.4. The van der Waals surface area contributed by atoms with Crippen molar-refractivity contribution in [3.63, 3.8) is 0 Å². The van der Waals surface area contributed by atoms with Crippen LogP contribution in [0, 0.1) is 0 Å². The fraction of sp³-hybridized carbons (Fsp3) is 0.333. The Morgan fingerprint density at radius 2 is 1.94 bits per heavy atom. The first-order chi connectivity index (χ1) is 8.51. The summed E-state index contributed by atoms with van der Waals surface area (Å²) in [6.45, 7) is 1.88. The third-order valence-electron chi connectivity index (χ3n) is 2.21. The molecule has 0 aliphatic rings. The van der Waals surface area contributed by atoms with E-state index in [0.717, 1.165) is 0 Å². The molecule has 0 saturated heterocycles. The van der Waals surface area contributed by atoms with Crippen LogP contribution >= 0.6 is 0 Å². The molecular weight excluding hydrogens is 256 g/mol. The predicted molar refractivity (Wildman–Crippen MR) is 66.1 cm³/mol. The van der Waals surface area contributed by atoms with E-state index in [4.69, 9.17) is 4.74 Å². The van der Waals surface area contributed by atoms with Crippen molar-refractivity contribution in [1.29, 1.82) is 0 Å². The molecule has 1 aromatic carbocycles. The van der Waals surface area contributed by atoms with Gasteiger partial charge in [0.1, 0.15) is 0 Å². The highest BCUT2D eigenvalue weighted by Crippen LogP contribution is 2.17. The maximum Gasteiger partial charge on any atom is 0.339 e. The number of benzene rings is 1. The minimum absolute atomic E-state index is 0.126. The van der Waals surface area contributed by atoms with Crippen LogP contribution in [0.1, 0.15) is 27.6 Å². The highest BCUT2D eigenvalue weighted by molar-refractivity contribution is 7.84. The maximum atomic E-state index is 11.7. The van der Waals surface area contributed by atoms with Crippen molar-refractivity contribution < 1.29 is 23.3 Å². The van der Waals surface area contributed by atoms with E-state index >= 15 is 0 Å². The predicted octanol–water partition coefficient (Wildman–Crippen LogP) is 1.39. The van der Waals surface area contributed by atoms with Crippen LogP contribution in [0.25, 0.3) is 0 Å². The molecule has 1 atom stereocenters. The third kappa shape index (κ3) is 3.16. The van der Waals surface area contributed by atoms with Gasteiger partial charge in [0.05, 0.1) is 40.5 Å². The van der Waals surface area contributed by atoms with Crippen LogP contribution < -0.4 is 0 Å². The molecule has 0 aliphatic heterocycles. The number of carbonyl (C=O) groups excluding carboxylic acids is 2. The molecule has 0 fully saturated rings. The van der Waals surface area contributed by atoms with Crippen LogP contribution in [0.4, 0.5) is 0 Å². The molecule has 6 heteroatoms. The quantitative estimate of drug-likeness (QED) is 0.773. The lowest BCUT2D eigenvalue weighted by atomic mass is 10.1. The number of esters is 2. The number of hydrogen-bond donors (Lipinski definition) is 0. The summed E-state index contributed by atoms with van der Waals surface area (Å²) in [5.41, 5.74) is 0.343. The van der Waals surface area contributed by atoms with E-state index < -0.39 is 22.7 Å². The molecular formula is C12H14O5S. The molecule has 0 spiro atoms. The molecule has 0 amide bonds. The van der Waals surface area contributed by atoms with E-state index in [1.165, 1.54) is 31.6 Å². The van der Waals surface area contributed by atoms with Gasteiger partial charge in [0, 0.05) is 6.26 Å². The molecule has 1 rings (SSSR count). The molecule has 5 nitrogen and oxygen atoms in total. The summed E-state index contributed by atoms with van der Waals surface area (Å²) < 4.78 is 20.9. The van der Waals surface area contributed by atoms with E-state index in [2.05, 4.69) is 4.74 Å². The van der Waals surface area contributed by atoms with Crippen LogP contribution in [0.2, 0.25) is 0 Å². The van der Waals surface area contributed by atoms with Gasteiger partial charge in [0.15, 0.2) is 0 Å². The molecule has 0 N–H and O–H groups in total. The molecule has 18 heavy (non-hydrogen) atoms. The Bertz CT molecular complexity index is 495. The zero-order valence-electron chi connectivity index (χ0n) is 10.4. The molecule has 1 aromatic rings. The van der Waals surface area contributed by atoms with Crippen molar-refractivity contribution >= 4 is 22.7 Å². The molecule has 0 saturated carbocycles. The number of methoxy groups -OCH3 is 1. The molecule has 1 unspecified atom stereocenters. The molecule has 0 radical (unpaired) electrons. The first-order valence-electron chi connectivity index (χ1n) is 5.24. The summed E-state index contributed by atoms with van der Waals surface area (Å²) in [5.74, 6) is -1.16. The first-order valence-corrected chi connectivity index (χ1v) is 6.80. The lowest BCUT2D eigenvalue weighted by molar-refractivity contribution is 0.0522. The van der Waals surface area contributed by atoms with Crippen LogP contribution in [0.5, 0.6) is 0 Å². The zero-order chi connectivity index (χ0) is 13.7. The Balaban J connectivity index is 3.28. The molecule has 0 bridgehead atoms. The standard InChI is InChI=1S/C12H14O5S/c1-4-17-12(14)9-7-8(11(13)16-2)5-6-10(9)18(3)15/h5-7H,4H2,1-3H3. The van der Waals surface area contributed by atoms with Crippen LogP contribution in [-0.2, 0) is 20.3 Å².